The molecule has 1 saturated heterocycles. The van der Waals surface area contributed by atoms with Crippen LogP contribution in [0.2, 0.25) is 0 Å². The van der Waals surface area contributed by atoms with E-state index < -0.39 is 0 Å². The Labute approximate surface area is 141 Å². The fraction of sp³-hybridized carbons (Fsp3) is 0.588. The van der Waals surface area contributed by atoms with Crippen LogP contribution in [0.1, 0.15) is 39.0 Å². The highest BCUT2D eigenvalue weighted by molar-refractivity contribution is 9.10. The first-order valence-electron chi connectivity index (χ1n) is 7.99. The van der Waals surface area contributed by atoms with Crippen LogP contribution in [-0.2, 0) is 4.79 Å². The third kappa shape index (κ3) is 5.29. The number of ether oxygens (including phenoxy) is 1. The smallest absolute Gasteiger partial charge is 0.222 e. The highest BCUT2D eigenvalue weighted by Crippen LogP contribution is 2.18. The monoisotopic (exact) mass is 368 g/mol. The summed E-state index contributed by atoms with van der Waals surface area (Å²) >= 11 is 3.40. The van der Waals surface area contributed by atoms with Crippen molar-refractivity contribution in [2.24, 2.45) is 5.73 Å². The van der Waals surface area contributed by atoms with E-state index in [1.54, 1.807) is 0 Å². The van der Waals surface area contributed by atoms with Crippen LogP contribution in [0.5, 0.6) is 5.75 Å². The van der Waals surface area contributed by atoms with E-state index in [0.717, 1.165) is 42.5 Å². The number of carbonyl (C=O) groups is 1. The number of amides is 1. The average molecular weight is 369 g/mol. The van der Waals surface area contributed by atoms with E-state index in [1.807, 2.05) is 29.2 Å². The summed E-state index contributed by atoms with van der Waals surface area (Å²) in [7, 11) is 0. The summed E-state index contributed by atoms with van der Waals surface area (Å²) < 4.78 is 6.70. The molecule has 0 radical (unpaired) electrons. The van der Waals surface area contributed by atoms with Crippen molar-refractivity contribution in [3.05, 3.63) is 28.7 Å². The molecular formula is C17H25BrN2O2. The third-order valence-electron chi connectivity index (χ3n) is 4.10. The van der Waals surface area contributed by atoms with E-state index in [-0.39, 0.29) is 18.0 Å². The zero-order chi connectivity index (χ0) is 15.9. The van der Waals surface area contributed by atoms with Gasteiger partial charge < -0.3 is 15.4 Å². The fourth-order valence-electron chi connectivity index (χ4n) is 2.82. The maximum Gasteiger partial charge on any atom is 0.222 e. The Hall–Kier alpha value is -1.07. The predicted molar refractivity (Wildman–Crippen MR) is 91.9 cm³/mol. The first-order chi connectivity index (χ1) is 10.6. The molecule has 0 bridgehead atoms. The fourth-order valence-corrected chi connectivity index (χ4v) is 3.09. The summed E-state index contributed by atoms with van der Waals surface area (Å²) in [4.78, 5) is 14.2. The van der Waals surface area contributed by atoms with Crippen LogP contribution in [-0.4, -0.2) is 36.0 Å². The number of nitrogens with zero attached hydrogens (tertiary/aromatic N) is 1. The third-order valence-corrected chi connectivity index (χ3v) is 4.63. The van der Waals surface area contributed by atoms with Crippen LogP contribution in [0.25, 0.3) is 0 Å². The van der Waals surface area contributed by atoms with Crippen LogP contribution in [0, 0.1) is 0 Å². The van der Waals surface area contributed by atoms with Crippen LogP contribution in [0.15, 0.2) is 28.7 Å². The van der Waals surface area contributed by atoms with Gasteiger partial charge in [0, 0.05) is 29.5 Å². The zero-order valence-electron chi connectivity index (χ0n) is 13.1. The molecule has 1 aliphatic rings. The number of hydrogen-bond acceptors (Lipinski definition) is 3. The van der Waals surface area contributed by atoms with Crippen molar-refractivity contribution in [1.29, 1.82) is 0 Å². The van der Waals surface area contributed by atoms with Gasteiger partial charge in [-0.15, -0.1) is 0 Å². The van der Waals surface area contributed by atoms with Crippen LogP contribution >= 0.6 is 15.9 Å². The topological polar surface area (TPSA) is 55.6 Å². The number of hydrogen-bond donors (Lipinski definition) is 1. The standard InChI is InChI=1S/C17H25BrN2O2/c1-13-12-15(19)9-10-20(13)17(21)4-2-3-11-22-16-7-5-14(18)6-8-16/h5-8,13,15H,2-4,9-12,19H2,1H3/t13-,15-/m0/s1. The van der Waals surface area contributed by atoms with Gasteiger partial charge in [0.2, 0.25) is 5.91 Å². The molecule has 1 heterocycles. The van der Waals surface area contributed by atoms with Crippen molar-refractivity contribution in [1.82, 2.24) is 4.90 Å². The Balaban J connectivity index is 1.62. The van der Waals surface area contributed by atoms with Crippen molar-refractivity contribution in [3.8, 4) is 5.75 Å². The number of nitrogens with two attached hydrogens (primary N) is 1. The second-order valence-corrected chi connectivity index (χ2v) is 6.90. The van der Waals surface area contributed by atoms with Gasteiger partial charge in [0.1, 0.15) is 5.75 Å². The molecule has 1 amide bonds. The number of rotatable bonds is 6. The maximum absolute atomic E-state index is 12.2. The summed E-state index contributed by atoms with van der Waals surface area (Å²) in [5, 5.41) is 0. The molecule has 0 spiro atoms. The minimum absolute atomic E-state index is 0.248. The SMILES string of the molecule is C[C@H]1C[C@@H](N)CCN1C(=O)CCCCOc1ccc(Br)cc1. The normalized spacial score (nSPS) is 21.7. The largest absolute Gasteiger partial charge is 0.494 e. The number of benzene rings is 1. The molecule has 22 heavy (non-hydrogen) atoms. The Morgan fingerprint density at radius 2 is 2.09 bits per heavy atom. The van der Waals surface area contributed by atoms with Crippen molar-refractivity contribution < 1.29 is 9.53 Å². The summed E-state index contributed by atoms with van der Waals surface area (Å²) in [6, 6.07) is 8.32. The Bertz CT molecular complexity index is 478. The van der Waals surface area contributed by atoms with Gasteiger partial charge in [-0.25, -0.2) is 0 Å². The van der Waals surface area contributed by atoms with Gasteiger partial charge in [0.25, 0.3) is 0 Å². The summed E-state index contributed by atoms with van der Waals surface area (Å²) in [5.41, 5.74) is 5.93. The number of unbranched alkanes of at least 4 members (excludes halogenated alkanes) is 1. The summed E-state index contributed by atoms with van der Waals surface area (Å²) in [5.74, 6) is 1.12. The first kappa shape index (κ1) is 17.3. The van der Waals surface area contributed by atoms with Crippen LogP contribution < -0.4 is 10.5 Å². The molecule has 1 aromatic carbocycles. The van der Waals surface area contributed by atoms with Crippen molar-refractivity contribution >= 4 is 21.8 Å². The second-order valence-electron chi connectivity index (χ2n) is 5.98. The highest BCUT2D eigenvalue weighted by atomic mass is 79.9. The lowest BCUT2D eigenvalue weighted by molar-refractivity contribution is -0.134. The maximum atomic E-state index is 12.2. The van der Waals surface area contributed by atoms with E-state index in [9.17, 15) is 4.79 Å². The van der Waals surface area contributed by atoms with Crippen LogP contribution in [0.3, 0.4) is 0 Å². The van der Waals surface area contributed by atoms with E-state index in [2.05, 4.69) is 22.9 Å². The average Bonchev–Trinajstić information content (AvgIpc) is 2.48. The minimum atomic E-state index is 0.248. The van der Waals surface area contributed by atoms with E-state index >= 15 is 0 Å². The molecule has 0 unspecified atom stereocenters. The summed E-state index contributed by atoms with van der Waals surface area (Å²) in [6.07, 6.45) is 4.19. The molecule has 5 heteroatoms. The van der Waals surface area contributed by atoms with Gasteiger partial charge in [0.15, 0.2) is 0 Å². The molecule has 2 rings (SSSR count). The molecule has 2 atom stereocenters. The van der Waals surface area contributed by atoms with Crippen molar-refractivity contribution in [3.63, 3.8) is 0 Å². The Morgan fingerprint density at radius 1 is 1.36 bits per heavy atom. The van der Waals surface area contributed by atoms with Crippen LogP contribution in [0.4, 0.5) is 0 Å². The lowest BCUT2D eigenvalue weighted by Gasteiger charge is -2.36. The minimum Gasteiger partial charge on any atom is -0.494 e. The number of likely N-dealkylation sites (tertiary alicyclic amines) is 1. The molecule has 1 aliphatic heterocycles. The molecule has 2 N–H and O–H groups in total. The molecule has 4 nitrogen and oxygen atoms in total. The molecular weight excluding hydrogens is 344 g/mol. The number of halogens is 1. The van der Waals surface area contributed by atoms with Gasteiger partial charge >= 0.3 is 0 Å². The number of piperidine rings is 1. The van der Waals surface area contributed by atoms with E-state index in [4.69, 9.17) is 10.5 Å². The number of carbonyl (C=O) groups excluding carboxylic acids is 1. The first-order valence-corrected chi connectivity index (χ1v) is 8.79. The van der Waals surface area contributed by atoms with Gasteiger partial charge in [-0.1, -0.05) is 15.9 Å². The molecule has 0 saturated carbocycles. The van der Waals surface area contributed by atoms with Crippen molar-refractivity contribution in [2.75, 3.05) is 13.2 Å². The summed E-state index contributed by atoms with van der Waals surface area (Å²) in [6.45, 7) is 3.54. The molecule has 122 valence electrons. The molecule has 1 aromatic rings. The lowest BCUT2D eigenvalue weighted by atomic mass is 9.98. The molecule has 1 fully saturated rings. The molecule has 0 aliphatic carbocycles. The Kier molecular flexibility index (Phi) is 6.70. The van der Waals surface area contributed by atoms with E-state index in [0.29, 0.717) is 13.0 Å². The van der Waals surface area contributed by atoms with Crippen molar-refractivity contribution in [2.45, 2.75) is 51.1 Å². The quantitative estimate of drug-likeness (QED) is 0.783. The van der Waals surface area contributed by atoms with Gasteiger partial charge in [-0.3, -0.25) is 4.79 Å². The highest BCUT2D eigenvalue weighted by Gasteiger charge is 2.26. The lowest BCUT2D eigenvalue weighted by Crippen LogP contribution is -2.48. The second kappa shape index (κ2) is 8.53. The van der Waals surface area contributed by atoms with E-state index in [1.165, 1.54) is 0 Å². The van der Waals surface area contributed by atoms with Gasteiger partial charge in [0.05, 0.1) is 6.61 Å². The predicted octanol–water partition coefficient (Wildman–Crippen LogP) is 3.34. The molecule has 0 aromatic heterocycles. The van der Waals surface area contributed by atoms with Gasteiger partial charge in [-0.2, -0.15) is 0 Å². The Morgan fingerprint density at radius 3 is 2.77 bits per heavy atom. The van der Waals surface area contributed by atoms with Gasteiger partial charge in [-0.05, 0) is 56.9 Å². The zero-order valence-corrected chi connectivity index (χ0v) is 14.7.